The summed E-state index contributed by atoms with van der Waals surface area (Å²) in [7, 11) is 0. The van der Waals surface area contributed by atoms with E-state index in [0.717, 1.165) is 12.1 Å². The van der Waals surface area contributed by atoms with Gasteiger partial charge in [-0.15, -0.1) is 20.4 Å². The van der Waals surface area contributed by atoms with Crippen molar-refractivity contribution >= 4 is 11.8 Å². The minimum Gasteiger partial charge on any atom is -0.166 e. The lowest BCUT2D eigenvalue weighted by atomic mass is 10.1. The van der Waals surface area contributed by atoms with E-state index < -0.39 is 11.7 Å². The first-order valence-electron chi connectivity index (χ1n) is 4.80. The molecule has 1 heterocycles. The van der Waals surface area contributed by atoms with Gasteiger partial charge in [0.15, 0.2) is 0 Å². The van der Waals surface area contributed by atoms with Crippen LogP contribution in [-0.2, 0) is 6.18 Å². The SMILES string of the molecule is CSc1nnc(-c2cccc(C(F)(F)F)c2)nn1. The van der Waals surface area contributed by atoms with Gasteiger partial charge in [0.25, 0.3) is 0 Å². The highest BCUT2D eigenvalue weighted by atomic mass is 32.2. The van der Waals surface area contributed by atoms with Crippen LogP contribution < -0.4 is 0 Å². The van der Waals surface area contributed by atoms with E-state index >= 15 is 0 Å². The zero-order chi connectivity index (χ0) is 13.2. The number of thioether (sulfide) groups is 1. The summed E-state index contributed by atoms with van der Waals surface area (Å²) >= 11 is 1.25. The number of halogens is 3. The van der Waals surface area contributed by atoms with Gasteiger partial charge in [0.1, 0.15) is 0 Å². The van der Waals surface area contributed by atoms with Crippen LogP contribution >= 0.6 is 11.8 Å². The first-order valence-corrected chi connectivity index (χ1v) is 6.02. The van der Waals surface area contributed by atoms with E-state index in [1.54, 1.807) is 6.26 Å². The van der Waals surface area contributed by atoms with Crippen LogP contribution in [0.25, 0.3) is 11.4 Å². The van der Waals surface area contributed by atoms with Crippen LogP contribution in [0.15, 0.2) is 29.4 Å². The zero-order valence-corrected chi connectivity index (χ0v) is 9.96. The van der Waals surface area contributed by atoms with Gasteiger partial charge in [-0.25, -0.2) is 0 Å². The Labute approximate surface area is 105 Å². The normalized spacial score (nSPS) is 11.6. The molecule has 0 fully saturated rings. The molecule has 1 aromatic heterocycles. The first-order chi connectivity index (χ1) is 8.50. The third-order valence-corrected chi connectivity index (χ3v) is 2.62. The molecule has 0 spiro atoms. The molecule has 0 aliphatic carbocycles. The molecule has 0 saturated heterocycles. The lowest BCUT2D eigenvalue weighted by Crippen LogP contribution is -2.05. The Morgan fingerprint density at radius 2 is 1.72 bits per heavy atom. The summed E-state index contributed by atoms with van der Waals surface area (Å²) in [6.07, 6.45) is -2.64. The van der Waals surface area contributed by atoms with Gasteiger partial charge in [-0.05, 0) is 18.4 Å². The molecule has 0 aliphatic heterocycles. The van der Waals surface area contributed by atoms with Gasteiger partial charge in [0.2, 0.25) is 11.0 Å². The van der Waals surface area contributed by atoms with E-state index in [4.69, 9.17) is 0 Å². The number of nitrogens with zero attached hydrogens (tertiary/aromatic N) is 4. The average molecular weight is 272 g/mol. The van der Waals surface area contributed by atoms with Gasteiger partial charge in [-0.2, -0.15) is 13.2 Å². The Hall–Kier alpha value is -1.70. The molecule has 0 radical (unpaired) electrons. The maximum Gasteiger partial charge on any atom is 0.416 e. The van der Waals surface area contributed by atoms with E-state index in [1.165, 1.54) is 23.9 Å². The second-order valence-corrected chi connectivity index (χ2v) is 4.06. The Bertz CT molecular complexity index is 542. The number of hydrogen-bond acceptors (Lipinski definition) is 5. The molecule has 0 atom stereocenters. The maximum absolute atomic E-state index is 12.5. The molecule has 4 nitrogen and oxygen atoms in total. The zero-order valence-electron chi connectivity index (χ0n) is 9.14. The molecule has 2 aromatic rings. The second kappa shape index (κ2) is 4.89. The van der Waals surface area contributed by atoms with Crippen molar-refractivity contribution < 1.29 is 13.2 Å². The lowest BCUT2D eigenvalue weighted by Gasteiger charge is -2.07. The predicted molar refractivity (Wildman–Crippen MR) is 59.8 cm³/mol. The van der Waals surface area contributed by atoms with Crippen LogP contribution in [0.1, 0.15) is 5.56 Å². The number of aromatic nitrogens is 4. The third kappa shape index (κ3) is 2.76. The standard InChI is InChI=1S/C10H7F3N4S/c1-18-9-16-14-8(15-17-9)6-3-2-4-7(5-6)10(11,12)13/h2-5H,1H3. The van der Waals surface area contributed by atoms with Gasteiger partial charge in [0.05, 0.1) is 5.56 Å². The highest BCUT2D eigenvalue weighted by Gasteiger charge is 2.30. The molecule has 2 rings (SSSR count). The molecule has 1 aromatic carbocycles. The summed E-state index contributed by atoms with van der Waals surface area (Å²) in [5.41, 5.74) is -0.518. The summed E-state index contributed by atoms with van der Waals surface area (Å²) in [6.45, 7) is 0. The number of benzene rings is 1. The maximum atomic E-state index is 12.5. The fourth-order valence-electron chi connectivity index (χ4n) is 1.25. The van der Waals surface area contributed by atoms with Crippen molar-refractivity contribution in [2.24, 2.45) is 0 Å². The molecule has 0 amide bonds. The summed E-state index contributed by atoms with van der Waals surface area (Å²) in [4.78, 5) is 0. The Kier molecular flexibility index (Phi) is 3.46. The van der Waals surface area contributed by atoms with Crippen LogP contribution in [0.4, 0.5) is 13.2 Å². The molecule has 0 N–H and O–H groups in total. The quantitative estimate of drug-likeness (QED) is 0.787. The van der Waals surface area contributed by atoms with Crippen molar-refractivity contribution in [2.75, 3.05) is 6.26 Å². The molecule has 0 bridgehead atoms. The molecule has 0 aliphatic rings. The third-order valence-electron chi connectivity index (χ3n) is 2.09. The smallest absolute Gasteiger partial charge is 0.166 e. The summed E-state index contributed by atoms with van der Waals surface area (Å²) < 4.78 is 37.6. The van der Waals surface area contributed by atoms with Gasteiger partial charge < -0.3 is 0 Å². The average Bonchev–Trinajstić information content (AvgIpc) is 2.38. The summed E-state index contributed by atoms with van der Waals surface area (Å²) in [5.74, 6) is 0.0684. The number of hydrogen-bond donors (Lipinski definition) is 0. The lowest BCUT2D eigenvalue weighted by molar-refractivity contribution is -0.137. The van der Waals surface area contributed by atoms with Crippen LogP contribution in [0.3, 0.4) is 0 Å². The van der Waals surface area contributed by atoms with Gasteiger partial charge >= 0.3 is 6.18 Å². The van der Waals surface area contributed by atoms with Crippen LogP contribution in [0.5, 0.6) is 0 Å². The fourth-order valence-corrected chi connectivity index (χ4v) is 1.50. The second-order valence-electron chi connectivity index (χ2n) is 3.29. The van der Waals surface area contributed by atoms with E-state index in [-0.39, 0.29) is 11.4 Å². The highest BCUT2D eigenvalue weighted by molar-refractivity contribution is 7.98. The molecule has 0 unspecified atom stereocenters. The van der Waals surface area contributed by atoms with Gasteiger partial charge in [0, 0.05) is 5.56 Å². The molecule has 94 valence electrons. The molecule has 8 heteroatoms. The van der Waals surface area contributed by atoms with E-state index in [2.05, 4.69) is 20.4 Å². The Morgan fingerprint density at radius 1 is 1.06 bits per heavy atom. The topological polar surface area (TPSA) is 51.6 Å². The number of rotatable bonds is 2. The van der Waals surface area contributed by atoms with Crippen molar-refractivity contribution in [1.82, 2.24) is 20.4 Å². The monoisotopic (exact) mass is 272 g/mol. The molecular formula is C10H7F3N4S. The van der Waals surface area contributed by atoms with Crippen LogP contribution in [-0.4, -0.2) is 26.7 Å². The number of alkyl halides is 3. The van der Waals surface area contributed by atoms with Crippen molar-refractivity contribution in [1.29, 1.82) is 0 Å². The van der Waals surface area contributed by atoms with Crippen LogP contribution in [0.2, 0.25) is 0 Å². The predicted octanol–water partition coefficient (Wildman–Crippen LogP) is 2.67. The van der Waals surface area contributed by atoms with Crippen molar-refractivity contribution in [3.8, 4) is 11.4 Å². The van der Waals surface area contributed by atoms with Crippen molar-refractivity contribution in [2.45, 2.75) is 11.3 Å². The van der Waals surface area contributed by atoms with Crippen molar-refractivity contribution in [3.63, 3.8) is 0 Å². The minimum absolute atomic E-state index is 0.0684. The molecule has 18 heavy (non-hydrogen) atoms. The van der Waals surface area contributed by atoms with Gasteiger partial charge in [-0.1, -0.05) is 23.9 Å². The van der Waals surface area contributed by atoms with E-state index in [0.29, 0.717) is 5.16 Å². The Morgan fingerprint density at radius 3 is 2.28 bits per heavy atom. The first kappa shape index (κ1) is 12.7. The van der Waals surface area contributed by atoms with Gasteiger partial charge in [-0.3, -0.25) is 0 Å². The highest BCUT2D eigenvalue weighted by Crippen LogP contribution is 2.31. The Balaban J connectivity index is 2.38. The van der Waals surface area contributed by atoms with Crippen LogP contribution in [0, 0.1) is 0 Å². The summed E-state index contributed by atoms with van der Waals surface area (Å²) in [5, 5.41) is 15.3. The van der Waals surface area contributed by atoms with E-state index in [1.807, 2.05) is 0 Å². The molecule has 0 saturated carbocycles. The van der Waals surface area contributed by atoms with Crippen molar-refractivity contribution in [3.05, 3.63) is 29.8 Å². The summed E-state index contributed by atoms with van der Waals surface area (Å²) in [6, 6.07) is 4.73. The molecular weight excluding hydrogens is 265 g/mol. The largest absolute Gasteiger partial charge is 0.416 e. The fraction of sp³-hybridized carbons (Fsp3) is 0.200. The minimum atomic E-state index is -4.39. The van der Waals surface area contributed by atoms with E-state index in [9.17, 15) is 13.2 Å².